The molecule has 1 aliphatic rings. The van der Waals surface area contributed by atoms with Crippen LogP contribution in [0.5, 0.6) is 11.5 Å². The van der Waals surface area contributed by atoms with E-state index in [4.69, 9.17) is 15.2 Å². The molecular weight excluding hydrogens is 328 g/mol. The monoisotopic (exact) mass is 362 g/mol. The van der Waals surface area contributed by atoms with Crippen LogP contribution < -0.4 is 20.5 Å². The molecule has 1 heterocycles. The van der Waals surface area contributed by atoms with Gasteiger partial charge in [0.25, 0.3) is 0 Å². The van der Waals surface area contributed by atoms with Crippen molar-refractivity contribution >= 4 is 5.96 Å². The molecular formula is C20H34N4O2. The number of ether oxygens (including phenoxy) is 2. The van der Waals surface area contributed by atoms with Gasteiger partial charge in [-0.3, -0.25) is 9.89 Å². The highest BCUT2D eigenvalue weighted by atomic mass is 16.5. The minimum absolute atomic E-state index is 0.434. The summed E-state index contributed by atoms with van der Waals surface area (Å²) in [4.78, 5) is 7.04. The quantitative estimate of drug-likeness (QED) is 0.548. The lowest BCUT2D eigenvalue weighted by atomic mass is 9.99. The van der Waals surface area contributed by atoms with Crippen LogP contribution in [0.3, 0.4) is 0 Å². The maximum atomic E-state index is 6.02. The Hall–Kier alpha value is -1.95. The first-order valence-corrected chi connectivity index (χ1v) is 9.52. The summed E-state index contributed by atoms with van der Waals surface area (Å²) < 4.78 is 10.6. The van der Waals surface area contributed by atoms with Crippen LogP contribution in [0.4, 0.5) is 0 Å². The van der Waals surface area contributed by atoms with Crippen molar-refractivity contribution in [3.05, 3.63) is 23.8 Å². The fourth-order valence-corrected chi connectivity index (χ4v) is 3.40. The highest BCUT2D eigenvalue weighted by Gasteiger charge is 2.20. The van der Waals surface area contributed by atoms with Gasteiger partial charge in [0.15, 0.2) is 17.5 Å². The highest BCUT2D eigenvalue weighted by molar-refractivity contribution is 5.77. The summed E-state index contributed by atoms with van der Waals surface area (Å²) in [7, 11) is 3.29. The summed E-state index contributed by atoms with van der Waals surface area (Å²) in [6, 6.07) is 6.39. The van der Waals surface area contributed by atoms with Crippen LogP contribution >= 0.6 is 0 Å². The Labute approximate surface area is 157 Å². The summed E-state index contributed by atoms with van der Waals surface area (Å²) >= 11 is 0. The molecule has 1 fully saturated rings. The molecule has 0 aliphatic carbocycles. The van der Waals surface area contributed by atoms with Crippen LogP contribution in [0.2, 0.25) is 0 Å². The Morgan fingerprint density at radius 2 is 2.12 bits per heavy atom. The van der Waals surface area contributed by atoms with Gasteiger partial charge in [-0.1, -0.05) is 13.0 Å². The van der Waals surface area contributed by atoms with Crippen LogP contribution in [0, 0.1) is 5.92 Å². The van der Waals surface area contributed by atoms with Gasteiger partial charge in [0, 0.05) is 19.1 Å². The van der Waals surface area contributed by atoms with E-state index in [9.17, 15) is 0 Å². The molecule has 0 saturated carbocycles. The molecule has 0 amide bonds. The van der Waals surface area contributed by atoms with Crippen molar-refractivity contribution in [3.8, 4) is 11.5 Å². The van der Waals surface area contributed by atoms with Crippen molar-refractivity contribution < 1.29 is 9.47 Å². The number of rotatable bonds is 8. The van der Waals surface area contributed by atoms with Crippen molar-refractivity contribution in [2.75, 3.05) is 40.4 Å². The lowest BCUT2D eigenvalue weighted by molar-refractivity contribution is 0.142. The summed E-state index contributed by atoms with van der Waals surface area (Å²) in [5.41, 5.74) is 7.19. The van der Waals surface area contributed by atoms with Gasteiger partial charge in [-0.25, -0.2) is 0 Å². The lowest BCUT2D eigenvalue weighted by Gasteiger charge is -2.34. The molecule has 1 aromatic rings. The zero-order valence-corrected chi connectivity index (χ0v) is 16.6. The van der Waals surface area contributed by atoms with E-state index in [-0.39, 0.29) is 0 Å². The Bertz CT molecular complexity index is 591. The standard InChI is InChI=1S/C20H34N4O2/c1-15-6-5-11-24(14-15)16(2)13-23-20(21)22-10-9-17-7-8-18(25-3)19(12-17)26-4/h7-8,12,15-16H,5-6,9-11,13-14H2,1-4H3,(H3,21,22,23). The van der Waals surface area contributed by atoms with Gasteiger partial charge in [0.05, 0.1) is 20.8 Å². The summed E-state index contributed by atoms with van der Waals surface area (Å²) in [6.07, 6.45) is 3.47. The van der Waals surface area contributed by atoms with Crippen molar-refractivity contribution in [1.82, 2.24) is 10.2 Å². The van der Waals surface area contributed by atoms with Crippen LogP contribution in [0.15, 0.2) is 23.2 Å². The van der Waals surface area contributed by atoms with Gasteiger partial charge < -0.3 is 20.5 Å². The lowest BCUT2D eigenvalue weighted by Crippen LogP contribution is -2.43. The molecule has 146 valence electrons. The van der Waals surface area contributed by atoms with Gasteiger partial charge >= 0.3 is 0 Å². The maximum Gasteiger partial charge on any atom is 0.188 e. The number of hydrogen-bond donors (Lipinski definition) is 2. The SMILES string of the molecule is COc1ccc(CCNC(N)=NCC(C)N2CCCC(C)C2)cc1OC. The second kappa shape index (κ2) is 10.3. The molecule has 3 N–H and O–H groups in total. The van der Waals surface area contributed by atoms with Crippen LogP contribution in [0.25, 0.3) is 0 Å². The number of nitrogens with one attached hydrogen (secondary N) is 1. The smallest absolute Gasteiger partial charge is 0.188 e. The topological polar surface area (TPSA) is 72.1 Å². The third kappa shape index (κ3) is 6.09. The molecule has 0 radical (unpaired) electrons. The van der Waals surface area contributed by atoms with Gasteiger partial charge in [0.2, 0.25) is 0 Å². The zero-order valence-electron chi connectivity index (χ0n) is 16.6. The van der Waals surface area contributed by atoms with Gasteiger partial charge in [-0.05, 0) is 56.3 Å². The Balaban J connectivity index is 1.75. The average Bonchev–Trinajstić information content (AvgIpc) is 2.65. The largest absolute Gasteiger partial charge is 0.493 e. The molecule has 2 atom stereocenters. The molecule has 0 bridgehead atoms. The fourth-order valence-electron chi connectivity index (χ4n) is 3.40. The molecule has 6 heteroatoms. The number of nitrogens with zero attached hydrogens (tertiary/aromatic N) is 2. The number of hydrogen-bond acceptors (Lipinski definition) is 4. The average molecular weight is 363 g/mol. The molecule has 2 unspecified atom stereocenters. The number of nitrogens with two attached hydrogens (primary N) is 1. The second-order valence-corrected chi connectivity index (χ2v) is 7.18. The summed E-state index contributed by atoms with van der Waals surface area (Å²) in [6.45, 7) is 8.38. The van der Waals surface area contributed by atoms with E-state index >= 15 is 0 Å². The van der Waals surface area contributed by atoms with E-state index in [0.717, 1.165) is 36.9 Å². The number of guanidine groups is 1. The molecule has 1 saturated heterocycles. The van der Waals surface area contributed by atoms with Crippen molar-refractivity contribution in [3.63, 3.8) is 0 Å². The van der Waals surface area contributed by atoms with Crippen LogP contribution in [-0.2, 0) is 6.42 Å². The Kier molecular flexibility index (Phi) is 8.04. The second-order valence-electron chi connectivity index (χ2n) is 7.18. The van der Waals surface area contributed by atoms with Crippen molar-refractivity contribution in [1.29, 1.82) is 0 Å². The number of likely N-dealkylation sites (tertiary alicyclic amines) is 1. The van der Waals surface area contributed by atoms with E-state index in [2.05, 4.69) is 29.1 Å². The molecule has 1 aliphatic heterocycles. The molecule has 26 heavy (non-hydrogen) atoms. The highest BCUT2D eigenvalue weighted by Crippen LogP contribution is 2.27. The Morgan fingerprint density at radius 3 is 2.81 bits per heavy atom. The first kappa shape index (κ1) is 20.4. The van der Waals surface area contributed by atoms with Crippen molar-refractivity contribution in [2.24, 2.45) is 16.6 Å². The number of piperidine rings is 1. The molecule has 0 aromatic heterocycles. The Morgan fingerprint density at radius 1 is 1.35 bits per heavy atom. The van der Waals surface area contributed by atoms with Gasteiger partial charge in [-0.2, -0.15) is 0 Å². The minimum Gasteiger partial charge on any atom is -0.493 e. The first-order chi connectivity index (χ1) is 12.5. The van der Waals surface area contributed by atoms with Crippen LogP contribution in [0.1, 0.15) is 32.3 Å². The first-order valence-electron chi connectivity index (χ1n) is 9.52. The minimum atomic E-state index is 0.434. The third-order valence-corrected chi connectivity index (χ3v) is 5.01. The number of benzene rings is 1. The number of methoxy groups -OCH3 is 2. The van der Waals surface area contributed by atoms with Crippen molar-refractivity contribution in [2.45, 2.75) is 39.2 Å². The van der Waals surface area contributed by atoms with Gasteiger partial charge in [-0.15, -0.1) is 0 Å². The van der Waals surface area contributed by atoms with E-state index in [0.29, 0.717) is 12.0 Å². The number of aliphatic imine (C=N–C) groups is 1. The van der Waals surface area contributed by atoms with E-state index in [1.54, 1.807) is 14.2 Å². The summed E-state index contributed by atoms with van der Waals surface area (Å²) in [5.74, 6) is 2.79. The summed E-state index contributed by atoms with van der Waals surface area (Å²) in [5, 5.41) is 3.20. The molecule has 6 nitrogen and oxygen atoms in total. The molecule has 1 aromatic carbocycles. The fraction of sp³-hybridized carbons (Fsp3) is 0.650. The predicted octanol–water partition coefficient (Wildman–Crippen LogP) is 2.27. The normalized spacial score (nSPS) is 19.8. The van der Waals surface area contributed by atoms with E-state index < -0.39 is 0 Å². The predicted molar refractivity (Wildman–Crippen MR) is 107 cm³/mol. The van der Waals surface area contributed by atoms with E-state index in [1.807, 2.05) is 18.2 Å². The van der Waals surface area contributed by atoms with Gasteiger partial charge in [0.1, 0.15) is 0 Å². The van der Waals surface area contributed by atoms with Crippen LogP contribution in [-0.4, -0.2) is 57.3 Å². The zero-order chi connectivity index (χ0) is 18.9. The van der Waals surface area contributed by atoms with E-state index in [1.165, 1.54) is 31.5 Å². The molecule has 0 spiro atoms. The third-order valence-electron chi connectivity index (χ3n) is 5.01. The maximum absolute atomic E-state index is 6.02. The molecule has 2 rings (SSSR count).